The van der Waals surface area contributed by atoms with E-state index in [-0.39, 0.29) is 35.9 Å². The van der Waals surface area contributed by atoms with Crippen LogP contribution < -0.4 is 0 Å². The summed E-state index contributed by atoms with van der Waals surface area (Å²) in [5.41, 5.74) is 0. The zero-order chi connectivity index (χ0) is 13.6. The second kappa shape index (κ2) is 4.52. The Labute approximate surface area is 114 Å². The molecule has 2 saturated carbocycles. The molecule has 3 rings (SSSR count). The summed E-state index contributed by atoms with van der Waals surface area (Å²) in [6.07, 6.45) is 9.11. The molecular weight excluding hydrogens is 262 g/mol. The number of fused-ring (bicyclic) bond motifs is 1. The Morgan fingerprint density at radius 2 is 1.95 bits per heavy atom. The van der Waals surface area contributed by atoms with Crippen LogP contribution in [0, 0.1) is 30.1 Å². The Balaban J connectivity index is 1.70. The fourth-order valence-corrected chi connectivity index (χ4v) is 5.39. The van der Waals surface area contributed by atoms with Crippen molar-refractivity contribution in [2.75, 3.05) is 18.1 Å². The molecule has 5 heteroatoms. The van der Waals surface area contributed by atoms with Gasteiger partial charge in [0, 0.05) is 12.0 Å². The third kappa shape index (κ3) is 2.51. The van der Waals surface area contributed by atoms with Gasteiger partial charge in [-0.25, -0.2) is 8.42 Å². The molecule has 1 aliphatic heterocycles. The largest absolute Gasteiger partial charge is 0.327 e. The summed E-state index contributed by atoms with van der Waals surface area (Å²) in [7, 11) is -2.98. The second-order valence-electron chi connectivity index (χ2n) is 6.15. The van der Waals surface area contributed by atoms with Crippen LogP contribution in [0.4, 0.5) is 0 Å². The Hall–Kier alpha value is -1.02. The average Bonchev–Trinajstić information content (AvgIpc) is 2.80. The van der Waals surface area contributed by atoms with Crippen LogP contribution >= 0.6 is 0 Å². The summed E-state index contributed by atoms with van der Waals surface area (Å²) >= 11 is 0. The van der Waals surface area contributed by atoms with Crippen LogP contribution in [-0.4, -0.2) is 43.3 Å². The minimum absolute atomic E-state index is 0.0833. The summed E-state index contributed by atoms with van der Waals surface area (Å²) in [5, 5.41) is 0. The summed E-state index contributed by atoms with van der Waals surface area (Å²) < 4.78 is 23.1. The number of carbonyl (C=O) groups is 1. The van der Waals surface area contributed by atoms with E-state index >= 15 is 0 Å². The molecule has 0 bridgehead atoms. The average molecular weight is 281 g/mol. The Bertz CT molecular complexity index is 523. The fourth-order valence-electron chi connectivity index (χ4n) is 3.66. The maximum Gasteiger partial charge on any atom is 0.226 e. The molecule has 1 amide bonds. The minimum atomic E-state index is -2.98. The first-order valence-corrected chi connectivity index (χ1v) is 8.76. The number of rotatable bonds is 3. The van der Waals surface area contributed by atoms with Gasteiger partial charge in [0.05, 0.1) is 18.1 Å². The zero-order valence-corrected chi connectivity index (χ0v) is 11.7. The molecule has 2 aliphatic carbocycles. The van der Waals surface area contributed by atoms with Gasteiger partial charge in [0.15, 0.2) is 9.84 Å². The molecule has 0 aromatic rings. The number of hydrogen-bond acceptors (Lipinski definition) is 3. The van der Waals surface area contributed by atoms with Crippen molar-refractivity contribution < 1.29 is 13.2 Å². The molecule has 4 nitrogen and oxygen atoms in total. The molecule has 1 saturated heterocycles. The first-order chi connectivity index (χ1) is 9.00. The molecule has 0 aromatic carbocycles. The molecule has 1 heterocycles. The van der Waals surface area contributed by atoms with Gasteiger partial charge in [-0.05, 0) is 37.5 Å². The van der Waals surface area contributed by atoms with Gasteiger partial charge >= 0.3 is 0 Å². The van der Waals surface area contributed by atoms with Crippen molar-refractivity contribution in [3.8, 4) is 12.3 Å². The van der Waals surface area contributed by atoms with Crippen LogP contribution in [0.25, 0.3) is 0 Å². The van der Waals surface area contributed by atoms with Crippen molar-refractivity contribution in [2.24, 2.45) is 17.8 Å². The molecule has 0 spiro atoms. The number of terminal acetylenes is 1. The lowest BCUT2D eigenvalue weighted by Gasteiger charge is -2.29. The van der Waals surface area contributed by atoms with E-state index in [2.05, 4.69) is 5.92 Å². The molecule has 3 fully saturated rings. The van der Waals surface area contributed by atoms with E-state index in [0.29, 0.717) is 6.42 Å². The van der Waals surface area contributed by atoms with Gasteiger partial charge in [-0.3, -0.25) is 4.79 Å². The highest BCUT2D eigenvalue weighted by molar-refractivity contribution is 7.91. The maximum absolute atomic E-state index is 12.5. The fraction of sp³-hybridized carbons (Fsp3) is 0.786. The van der Waals surface area contributed by atoms with E-state index in [9.17, 15) is 13.2 Å². The van der Waals surface area contributed by atoms with Gasteiger partial charge in [-0.15, -0.1) is 6.42 Å². The highest BCUT2D eigenvalue weighted by Crippen LogP contribution is 2.54. The van der Waals surface area contributed by atoms with E-state index in [1.807, 2.05) is 0 Å². The Kier molecular flexibility index (Phi) is 3.09. The highest BCUT2D eigenvalue weighted by Gasteiger charge is 2.49. The van der Waals surface area contributed by atoms with Crippen molar-refractivity contribution in [1.82, 2.24) is 4.90 Å². The number of hydrogen-bond donors (Lipinski definition) is 0. The molecular formula is C14H19NO3S. The van der Waals surface area contributed by atoms with Crippen molar-refractivity contribution in [2.45, 2.75) is 31.7 Å². The van der Waals surface area contributed by atoms with Gasteiger partial charge < -0.3 is 4.90 Å². The monoisotopic (exact) mass is 281 g/mol. The van der Waals surface area contributed by atoms with Crippen molar-refractivity contribution >= 4 is 15.7 Å². The molecule has 3 unspecified atom stereocenters. The van der Waals surface area contributed by atoms with Gasteiger partial charge in [0.2, 0.25) is 5.91 Å². The quantitative estimate of drug-likeness (QED) is 0.715. The van der Waals surface area contributed by atoms with Crippen molar-refractivity contribution in [3.05, 3.63) is 0 Å². The number of sulfone groups is 1. The summed E-state index contributed by atoms with van der Waals surface area (Å²) in [4.78, 5) is 14.2. The Morgan fingerprint density at radius 1 is 1.26 bits per heavy atom. The van der Waals surface area contributed by atoms with E-state index in [4.69, 9.17) is 6.42 Å². The second-order valence-corrected chi connectivity index (χ2v) is 8.38. The van der Waals surface area contributed by atoms with Crippen LogP contribution in [0.1, 0.15) is 25.7 Å². The van der Waals surface area contributed by atoms with Gasteiger partial charge in [0.25, 0.3) is 0 Å². The molecule has 104 valence electrons. The lowest BCUT2D eigenvalue weighted by atomic mass is 10.0. The highest BCUT2D eigenvalue weighted by atomic mass is 32.2. The van der Waals surface area contributed by atoms with E-state index in [1.54, 1.807) is 4.90 Å². The van der Waals surface area contributed by atoms with Gasteiger partial charge in [-0.2, -0.15) is 0 Å². The maximum atomic E-state index is 12.5. The lowest BCUT2D eigenvalue weighted by molar-refractivity contribution is -0.136. The number of carbonyl (C=O) groups excluding carboxylic acids is 1. The van der Waals surface area contributed by atoms with Gasteiger partial charge in [0.1, 0.15) is 0 Å². The predicted molar refractivity (Wildman–Crippen MR) is 71.9 cm³/mol. The first kappa shape index (κ1) is 13.0. The molecule has 3 atom stereocenters. The van der Waals surface area contributed by atoms with Crippen molar-refractivity contribution in [3.63, 3.8) is 0 Å². The van der Waals surface area contributed by atoms with Gasteiger partial charge in [-0.1, -0.05) is 5.92 Å². The van der Waals surface area contributed by atoms with E-state index in [0.717, 1.165) is 24.7 Å². The summed E-state index contributed by atoms with van der Waals surface area (Å²) in [6, 6.07) is -0.203. The third-order valence-corrected chi connectivity index (χ3v) is 6.54. The summed E-state index contributed by atoms with van der Waals surface area (Å²) in [5.74, 6) is 4.44. The van der Waals surface area contributed by atoms with Crippen LogP contribution in [0.2, 0.25) is 0 Å². The van der Waals surface area contributed by atoms with Crippen LogP contribution in [0.3, 0.4) is 0 Å². The van der Waals surface area contributed by atoms with E-state index in [1.165, 1.54) is 6.42 Å². The van der Waals surface area contributed by atoms with Crippen molar-refractivity contribution in [1.29, 1.82) is 0 Å². The lowest BCUT2D eigenvalue weighted by Crippen LogP contribution is -2.44. The normalized spacial score (nSPS) is 38.5. The standard InChI is InChI=1S/C14H19NO3S/c1-2-4-15(13-3-5-19(17,18)9-13)14(16)12-7-10-6-11(10)8-12/h1,10-13H,3-9H2. The van der Waals surface area contributed by atoms with E-state index < -0.39 is 9.84 Å². The van der Waals surface area contributed by atoms with Crippen LogP contribution in [0.15, 0.2) is 0 Å². The van der Waals surface area contributed by atoms with Crippen LogP contribution in [-0.2, 0) is 14.6 Å². The molecule has 3 aliphatic rings. The Morgan fingerprint density at radius 3 is 2.47 bits per heavy atom. The van der Waals surface area contributed by atoms with Crippen LogP contribution in [0.5, 0.6) is 0 Å². The topological polar surface area (TPSA) is 54.5 Å². The minimum Gasteiger partial charge on any atom is -0.327 e. The molecule has 19 heavy (non-hydrogen) atoms. The summed E-state index contributed by atoms with van der Waals surface area (Å²) in [6.45, 7) is 0.241. The predicted octanol–water partition coefficient (Wildman–Crippen LogP) is 0.681. The smallest absolute Gasteiger partial charge is 0.226 e. The molecule has 0 radical (unpaired) electrons. The third-order valence-electron chi connectivity index (χ3n) is 4.79. The number of nitrogens with zero attached hydrogens (tertiary/aromatic N) is 1. The molecule has 0 aromatic heterocycles. The zero-order valence-electron chi connectivity index (χ0n) is 10.9. The first-order valence-electron chi connectivity index (χ1n) is 6.94. The number of amides is 1. The molecule has 0 N–H and O–H groups in total. The SMILES string of the molecule is C#CCN(C(=O)C1CC2CC2C1)C1CCS(=O)(=O)C1.